The first kappa shape index (κ1) is 15.2. The highest BCUT2D eigenvalue weighted by molar-refractivity contribution is 5.86. The van der Waals surface area contributed by atoms with E-state index in [0.29, 0.717) is 0 Å². The molecule has 4 aromatic rings. The summed E-state index contributed by atoms with van der Waals surface area (Å²) in [6.45, 7) is 0. The Balaban J connectivity index is 1.82. The van der Waals surface area contributed by atoms with Crippen LogP contribution in [0, 0.1) is 0 Å². The molecule has 0 bridgehead atoms. The average molecular weight is 322 g/mol. The maximum Gasteiger partial charge on any atom is 0.135 e. The number of hydrogen-bond donors (Lipinski definition) is 0. The second kappa shape index (κ2) is 7.06. The maximum absolute atomic E-state index is 6.15. The van der Waals surface area contributed by atoms with Crippen LogP contribution in [0.5, 0.6) is 11.5 Å². The largest absolute Gasteiger partial charge is 0.457 e. The van der Waals surface area contributed by atoms with Crippen LogP contribution >= 0.6 is 0 Å². The lowest BCUT2D eigenvalue weighted by atomic mass is 9.94. The molecule has 0 aliphatic heterocycles. The molecule has 0 saturated heterocycles. The molecule has 0 N–H and O–H groups in total. The standard InChI is InChI=1S/C24H18O/c1-3-11-19(12-4-1)21-15-7-8-16-22(21)23-17-9-10-18-24(23)25-20-13-5-2-6-14-20/h1-18H. The molecule has 0 heterocycles. The summed E-state index contributed by atoms with van der Waals surface area (Å²) >= 11 is 0. The second-order valence-electron chi connectivity index (χ2n) is 5.82. The molecule has 25 heavy (non-hydrogen) atoms. The fraction of sp³-hybridized carbons (Fsp3) is 0. The van der Waals surface area contributed by atoms with Gasteiger partial charge in [0, 0.05) is 5.56 Å². The van der Waals surface area contributed by atoms with Gasteiger partial charge in [-0.05, 0) is 34.9 Å². The van der Waals surface area contributed by atoms with Crippen LogP contribution in [-0.2, 0) is 0 Å². The third-order valence-corrected chi connectivity index (χ3v) is 4.16. The normalized spacial score (nSPS) is 10.4. The van der Waals surface area contributed by atoms with Crippen molar-refractivity contribution in [2.75, 3.05) is 0 Å². The lowest BCUT2D eigenvalue weighted by Gasteiger charge is -2.15. The summed E-state index contributed by atoms with van der Waals surface area (Å²) in [6.07, 6.45) is 0. The highest BCUT2D eigenvalue weighted by Gasteiger charge is 2.11. The third-order valence-electron chi connectivity index (χ3n) is 4.16. The van der Waals surface area contributed by atoms with Gasteiger partial charge in [-0.15, -0.1) is 0 Å². The van der Waals surface area contributed by atoms with Gasteiger partial charge in [0.2, 0.25) is 0 Å². The topological polar surface area (TPSA) is 9.23 Å². The predicted molar refractivity (Wildman–Crippen MR) is 104 cm³/mol. The minimum absolute atomic E-state index is 0.840. The predicted octanol–water partition coefficient (Wildman–Crippen LogP) is 6.81. The van der Waals surface area contributed by atoms with E-state index in [4.69, 9.17) is 4.74 Å². The van der Waals surface area contributed by atoms with Crippen molar-refractivity contribution in [3.8, 4) is 33.8 Å². The Hall–Kier alpha value is -3.32. The molecular weight excluding hydrogens is 304 g/mol. The first-order chi connectivity index (χ1) is 12.4. The average Bonchev–Trinajstić information content (AvgIpc) is 2.70. The summed E-state index contributed by atoms with van der Waals surface area (Å²) in [5.41, 5.74) is 4.66. The van der Waals surface area contributed by atoms with Gasteiger partial charge in [-0.25, -0.2) is 0 Å². The van der Waals surface area contributed by atoms with Crippen molar-refractivity contribution in [3.63, 3.8) is 0 Å². The molecule has 120 valence electrons. The van der Waals surface area contributed by atoms with Crippen LogP contribution < -0.4 is 4.74 Å². The number of para-hydroxylation sites is 2. The van der Waals surface area contributed by atoms with Crippen LogP contribution in [0.3, 0.4) is 0 Å². The zero-order valence-corrected chi connectivity index (χ0v) is 13.8. The first-order valence-corrected chi connectivity index (χ1v) is 8.38. The molecule has 0 aliphatic carbocycles. The smallest absolute Gasteiger partial charge is 0.135 e. The molecule has 0 spiro atoms. The molecule has 4 aromatic carbocycles. The van der Waals surface area contributed by atoms with Gasteiger partial charge in [0.05, 0.1) is 0 Å². The SMILES string of the molecule is c1ccc(Oc2ccccc2-c2ccccc2-c2ccccc2)cc1. The molecule has 4 rings (SSSR count). The van der Waals surface area contributed by atoms with Crippen LogP contribution in [0.1, 0.15) is 0 Å². The zero-order chi connectivity index (χ0) is 16.9. The maximum atomic E-state index is 6.15. The fourth-order valence-electron chi connectivity index (χ4n) is 2.98. The van der Waals surface area contributed by atoms with E-state index in [-0.39, 0.29) is 0 Å². The summed E-state index contributed by atoms with van der Waals surface area (Å²) in [6, 6.07) is 37.0. The van der Waals surface area contributed by atoms with Crippen LogP contribution in [-0.4, -0.2) is 0 Å². The van der Waals surface area contributed by atoms with E-state index in [9.17, 15) is 0 Å². The summed E-state index contributed by atoms with van der Waals surface area (Å²) < 4.78 is 6.15. The van der Waals surface area contributed by atoms with Crippen molar-refractivity contribution in [2.24, 2.45) is 0 Å². The van der Waals surface area contributed by atoms with Gasteiger partial charge in [0.25, 0.3) is 0 Å². The highest BCUT2D eigenvalue weighted by Crippen LogP contribution is 2.38. The first-order valence-electron chi connectivity index (χ1n) is 8.38. The summed E-state index contributed by atoms with van der Waals surface area (Å²) in [4.78, 5) is 0. The van der Waals surface area contributed by atoms with Gasteiger partial charge in [-0.2, -0.15) is 0 Å². The third kappa shape index (κ3) is 3.31. The number of rotatable bonds is 4. The molecule has 0 saturated carbocycles. The molecule has 0 aliphatic rings. The Bertz CT molecular complexity index is 959. The fourth-order valence-corrected chi connectivity index (χ4v) is 2.98. The van der Waals surface area contributed by atoms with Gasteiger partial charge in [-0.1, -0.05) is 91.0 Å². The van der Waals surface area contributed by atoms with E-state index >= 15 is 0 Å². The second-order valence-corrected chi connectivity index (χ2v) is 5.82. The Kier molecular flexibility index (Phi) is 4.30. The Morgan fingerprint density at radius 1 is 0.400 bits per heavy atom. The Morgan fingerprint density at radius 2 is 0.920 bits per heavy atom. The highest BCUT2D eigenvalue weighted by atomic mass is 16.5. The van der Waals surface area contributed by atoms with E-state index in [0.717, 1.165) is 17.1 Å². The molecule has 0 radical (unpaired) electrons. The van der Waals surface area contributed by atoms with E-state index in [1.807, 2.05) is 48.5 Å². The van der Waals surface area contributed by atoms with E-state index < -0.39 is 0 Å². The van der Waals surface area contributed by atoms with Gasteiger partial charge in [-0.3, -0.25) is 0 Å². The van der Waals surface area contributed by atoms with E-state index in [1.165, 1.54) is 16.7 Å². The van der Waals surface area contributed by atoms with Gasteiger partial charge >= 0.3 is 0 Å². The Labute approximate surface area is 148 Å². The van der Waals surface area contributed by atoms with E-state index in [1.54, 1.807) is 0 Å². The van der Waals surface area contributed by atoms with Crippen molar-refractivity contribution in [2.45, 2.75) is 0 Å². The van der Waals surface area contributed by atoms with Crippen LogP contribution in [0.2, 0.25) is 0 Å². The molecule has 1 nitrogen and oxygen atoms in total. The van der Waals surface area contributed by atoms with Crippen LogP contribution in [0.4, 0.5) is 0 Å². The van der Waals surface area contributed by atoms with Crippen molar-refractivity contribution < 1.29 is 4.74 Å². The van der Waals surface area contributed by atoms with Crippen LogP contribution in [0.15, 0.2) is 109 Å². The van der Waals surface area contributed by atoms with Gasteiger partial charge < -0.3 is 4.74 Å². The molecule has 0 atom stereocenters. The minimum atomic E-state index is 0.840. The molecule has 1 heteroatoms. The lowest BCUT2D eigenvalue weighted by molar-refractivity contribution is 0.484. The van der Waals surface area contributed by atoms with Crippen molar-refractivity contribution in [3.05, 3.63) is 109 Å². The summed E-state index contributed by atoms with van der Waals surface area (Å²) in [5, 5.41) is 0. The number of ether oxygens (including phenoxy) is 1. The lowest BCUT2D eigenvalue weighted by Crippen LogP contribution is -1.90. The minimum Gasteiger partial charge on any atom is -0.457 e. The molecular formula is C24H18O. The van der Waals surface area contributed by atoms with Crippen molar-refractivity contribution in [1.82, 2.24) is 0 Å². The molecule has 0 amide bonds. The summed E-state index contributed by atoms with van der Waals surface area (Å²) in [5.74, 6) is 1.70. The van der Waals surface area contributed by atoms with E-state index in [2.05, 4.69) is 60.7 Å². The number of hydrogen-bond acceptors (Lipinski definition) is 1. The summed E-state index contributed by atoms with van der Waals surface area (Å²) in [7, 11) is 0. The van der Waals surface area contributed by atoms with Crippen molar-refractivity contribution >= 4 is 0 Å². The van der Waals surface area contributed by atoms with Gasteiger partial charge in [0.15, 0.2) is 0 Å². The Morgan fingerprint density at radius 3 is 1.64 bits per heavy atom. The zero-order valence-electron chi connectivity index (χ0n) is 13.8. The van der Waals surface area contributed by atoms with Gasteiger partial charge in [0.1, 0.15) is 11.5 Å². The molecule has 0 unspecified atom stereocenters. The number of benzene rings is 4. The van der Waals surface area contributed by atoms with Crippen molar-refractivity contribution in [1.29, 1.82) is 0 Å². The monoisotopic (exact) mass is 322 g/mol. The quantitative estimate of drug-likeness (QED) is 0.401. The molecule has 0 aromatic heterocycles. The molecule has 0 fully saturated rings. The van der Waals surface area contributed by atoms with Crippen LogP contribution in [0.25, 0.3) is 22.3 Å².